The molecule has 1 atom stereocenters. The third-order valence-corrected chi connectivity index (χ3v) is 4.28. The highest BCUT2D eigenvalue weighted by Gasteiger charge is 2.60. The third-order valence-electron chi connectivity index (χ3n) is 4.28. The van der Waals surface area contributed by atoms with Gasteiger partial charge in [-0.15, -0.1) is 0 Å². The molecule has 138 valence electrons. The highest BCUT2D eigenvalue weighted by Crippen LogP contribution is 2.33. The van der Waals surface area contributed by atoms with Crippen molar-refractivity contribution in [2.45, 2.75) is 19.4 Å². The minimum absolute atomic E-state index is 0.110. The van der Waals surface area contributed by atoms with Crippen LogP contribution in [0.25, 0.3) is 0 Å². The minimum atomic E-state index is -1.67. The van der Waals surface area contributed by atoms with Gasteiger partial charge in [0.25, 0.3) is 5.78 Å². The molecule has 0 aromatic heterocycles. The highest BCUT2D eigenvalue weighted by atomic mass is 16.5. The maximum Gasteiger partial charge on any atom is 0.338 e. The molecule has 0 spiro atoms. The Hall–Kier alpha value is -3.48. The molecule has 1 saturated heterocycles. The second-order valence-corrected chi connectivity index (χ2v) is 6.04. The maximum atomic E-state index is 12.8. The zero-order valence-corrected chi connectivity index (χ0v) is 15.0. The lowest BCUT2D eigenvalue weighted by Crippen LogP contribution is -2.55. The molecule has 2 aromatic rings. The number of nitrogens with zero attached hydrogens (tertiary/aromatic N) is 2. The number of benzene rings is 2. The Morgan fingerprint density at radius 3 is 2.26 bits per heavy atom. The van der Waals surface area contributed by atoms with E-state index in [1.54, 1.807) is 61.5 Å². The number of amides is 1. The molecule has 0 radical (unpaired) electrons. The van der Waals surface area contributed by atoms with Gasteiger partial charge in [0, 0.05) is 5.69 Å². The topological polar surface area (TPSA) is 88.1 Å². The Balaban J connectivity index is 2.09. The number of para-hydroxylation sites is 2. The van der Waals surface area contributed by atoms with Crippen LogP contribution < -0.4 is 10.3 Å². The molecule has 3 rings (SSSR count). The smallest absolute Gasteiger partial charge is 0.338 e. The Morgan fingerprint density at radius 2 is 1.67 bits per heavy atom. The SMILES string of the molecule is CCOC(=O)[C@@]1(C)/C(=N\Nc2ccccc2)C(=O)C(=O)N1c1ccccc1. The van der Waals surface area contributed by atoms with Crippen LogP contribution in [0.3, 0.4) is 0 Å². The first-order valence-electron chi connectivity index (χ1n) is 8.50. The summed E-state index contributed by atoms with van der Waals surface area (Å²) in [7, 11) is 0. The predicted octanol–water partition coefficient (Wildman–Crippen LogP) is 2.39. The molecule has 0 saturated carbocycles. The molecule has 1 aliphatic rings. The molecule has 0 unspecified atom stereocenters. The van der Waals surface area contributed by atoms with Crippen molar-refractivity contribution in [3.63, 3.8) is 0 Å². The summed E-state index contributed by atoms with van der Waals surface area (Å²) < 4.78 is 5.17. The number of esters is 1. The molecule has 0 bridgehead atoms. The zero-order valence-electron chi connectivity index (χ0n) is 15.0. The highest BCUT2D eigenvalue weighted by molar-refractivity contribution is 6.75. The summed E-state index contributed by atoms with van der Waals surface area (Å²) in [5.74, 6) is -2.40. The van der Waals surface area contributed by atoms with Crippen LogP contribution in [0.4, 0.5) is 11.4 Å². The van der Waals surface area contributed by atoms with Gasteiger partial charge in [-0.1, -0.05) is 36.4 Å². The third kappa shape index (κ3) is 3.19. The number of ketones is 1. The van der Waals surface area contributed by atoms with Gasteiger partial charge < -0.3 is 4.74 Å². The molecule has 1 amide bonds. The molecule has 0 aliphatic carbocycles. The number of Topliss-reactive ketones (excluding diaryl/α,β-unsaturated/α-hetero) is 1. The lowest BCUT2D eigenvalue weighted by Gasteiger charge is -2.31. The number of anilines is 2. The first-order valence-corrected chi connectivity index (χ1v) is 8.50. The summed E-state index contributed by atoms with van der Waals surface area (Å²) in [6, 6.07) is 17.4. The standard InChI is InChI=1S/C20H19N3O4/c1-3-27-19(26)20(2)17(22-21-14-10-6-4-7-11-14)16(24)18(25)23(20)15-12-8-5-9-13-15/h4-13,21H,3H2,1-2H3/b22-17-/t20-/m1/s1. The fraction of sp³-hybridized carbons (Fsp3) is 0.200. The van der Waals surface area contributed by atoms with E-state index in [-0.39, 0.29) is 12.3 Å². The second-order valence-electron chi connectivity index (χ2n) is 6.04. The Bertz CT molecular complexity index is 896. The monoisotopic (exact) mass is 365 g/mol. The van der Waals surface area contributed by atoms with Crippen molar-refractivity contribution < 1.29 is 19.1 Å². The van der Waals surface area contributed by atoms with Gasteiger partial charge in [0.2, 0.25) is 0 Å². The molecule has 1 heterocycles. The molecule has 7 heteroatoms. The van der Waals surface area contributed by atoms with Gasteiger partial charge in [-0.25, -0.2) is 4.79 Å². The molecule has 1 fully saturated rings. The largest absolute Gasteiger partial charge is 0.464 e. The lowest BCUT2D eigenvalue weighted by molar-refractivity contribution is -0.147. The van der Waals surface area contributed by atoms with Gasteiger partial charge in [0.15, 0.2) is 11.3 Å². The van der Waals surface area contributed by atoms with E-state index in [9.17, 15) is 14.4 Å². The van der Waals surface area contributed by atoms with Crippen molar-refractivity contribution in [2.75, 3.05) is 16.9 Å². The van der Waals surface area contributed by atoms with E-state index in [0.29, 0.717) is 11.4 Å². The molecule has 1 aliphatic heterocycles. The van der Waals surface area contributed by atoms with E-state index < -0.39 is 23.2 Å². The molecular formula is C20H19N3O4. The quantitative estimate of drug-likeness (QED) is 0.499. The van der Waals surface area contributed by atoms with Gasteiger partial charge in [-0.2, -0.15) is 5.10 Å². The van der Waals surface area contributed by atoms with E-state index in [1.165, 1.54) is 6.92 Å². The lowest BCUT2D eigenvalue weighted by atomic mass is 9.95. The summed E-state index contributed by atoms with van der Waals surface area (Å²) in [5, 5.41) is 4.11. The van der Waals surface area contributed by atoms with Gasteiger partial charge in [0.1, 0.15) is 0 Å². The molecule has 1 N–H and O–H groups in total. The van der Waals surface area contributed by atoms with E-state index in [1.807, 2.05) is 6.07 Å². The molecule has 2 aromatic carbocycles. The van der Waals surface area contributed by atoms with Gasteiger partial charge in [-0.05, 0) is 38.1 Å². The zero-order chi connectivity index (χ0) is 19.4. The Kier molecular flexibility index (Phi) is 5.03. The van der Waals surface area contributed by atoms with Crippen LogP contribution in [0.15, 0.2) is 65.8 Å². The van der Waals surface area contributed by atoms with Crippen LogP contribution in [0.5, 0.6) is 0 Å². The van der Waals surface area contributed by atoms with E-state index in [0.717, 1.165) is 4.90 Å². The first kappa shape index (κ1) is 18.3. The summed E-state index contributed by atoms with van der Waals surface area (Å²) in [6.45, 7) is 3.23. The van der Waals surface area contributed by atoms with Crippen LogP contribution in [-0.4, -0.2) is 35.5 Å². The van der Waals surface area contributed by atoms with Crippen LogP contribution >= 0.6 is 0 Å². The van der Waals surface area contributed by atoms with Crippen LogP contribution in [-0.2, 0) is 19.1 Å². The van der Waals surface area contributed by atoms with E-state index in [2.05, 4.69) is 10.5 Å². The summed E-state index contributed by atoms with van der Waals surface area (Å²) >= 11 is 0. The number of hydrogen-bond donors (Lipinski definition) is 1. The van der Waals surface area contributed by atoms with Crippen LogP contribution in [0.2, 0.25) is 0 Å². The van der Waals surface area contributed by atoms with Crippen molar-refractivity contribution in [3.05, 3.63) is 60.7 Å². The van der Waals surface area contributed by atoms with Crippen molar-refractivity contribution in [1.82, 2.24) is 0 Å². The predicted molar refractivity (Wildman–Crippen MR) is 101 cm³/mol. The summed E-state index contributed by atoms with van der Waals surface area (Å²) in [5.41, 5.74) is 1.89. The maximum absolute atomic E-state index is 12.8. The number of carbonyl (C=O) groups excluding carboxylic acids is 3. The Morgan fingerprint density at radius 1 is 1.07 bits per heavy atom. The summed E-state index contributed by atoms with van der Waals surface area (Å²) in [6.07, 6.45) is 0. The van der Waals surface area contributed by atoms with Gasteiger partial charge in [-0.3, -0.25) is 19.9 Å². The van der Waals surface area contributed by atoms with Crippen molar-refractivity contribution in [1.29, 1.82) is 0 Å². The number of ether oxygens (including phenoxy) is 1. The van der Waals surface area contributed by atoms with Crippen molar-refractivity contribution in [3.8, 4) is 0 Å². The van der Waals surface area contributed by atoms with E-state index in [4.69, 9.17) is 4.74 Å². The van der Waals surface area contributed by atoms with Crippen LogP contribution in [0, 0.1) is 0 Å². The fourth-order valence-corrected chi connectivity index (χ4v) is 2.94. The average Bonchev–Trinajstić information content (AvgIpc) is 2.88. The second kappa shape index (κ2) is 7.41. The molecular weight excluding hydrogens is 346 g/mol. The van der Waals surface area contributed by atoms with Gasteiger partial charge >= 0.3 is 11.9 Å². The van der Waals surface area contributed by atoms with Crippen molar-refractivity contribution in [2.24, 2.45) is 5.10 Å². The molecule has 7 nitrogen and oxygen atoms in total. The summed E-state index contributed by atoms with van der Waals surface area (Å²) in [4.78, 5) is 39.3. The van der Waals surface area contributed by atoms with E-state index >= 15 is 0 Å². The number of rotatable bonds is 5. The van der Waals surface area contributed by atoms with Gasteiger partial charge in [0.05, 0.1) is 12.3 Å². The fourth-order valence-electron chi connectivity index (χ4n) is 2.94. The minimum Gasteiger partial charge on any atom is -0.464 e. The number of hydrogen-bond acceptors (Lipinski definition) is 6. The number of carbonyl (C=O) groups is 3. The number of nitrogens with one attached hydrogen (secondary N) is 1. The Labute approximate surface area is 156 Å². The van der Waals surface area contributed by atoms with Crippen LogP contribution in [0.1, 0.15) is 13.8 Å². The number of hydrazone groups is 1. The molecule has 27 heavy (non-hydrogen) atoms. The van der Waals surface area contributed by atoms with Crippen molar-refractivity contribution >= 4 is 34.7 Å². The average molecular weight is 365 g/mol. The first-order chi connectivity index (χ1) is 13.0. The normalized spacial score (nSPS) is 20.8.